The number of nitro groups is 1. The molecule has 2 heterocycles. The molecule has 0 atom stereocenters. The molecule has 0 unspecified atom stereocenters. The second-order valence-electron chi connectivity index (χ2n) is 6.86. The van der Waals surface area contributed by atoms with Crippen LogP contribution in [0.3, 0.4) is 0 Å². The van der Waals surface area contributed by atoms with Crippen LogP contribution in [-0.2, 0) is 4.74 Å². The Kier molecular flexibility index (Phi) is 5.07. The first-order valence-electron chi connectivity index (χ1n) is 9.25. The maximum Gasteiger partial charge on any atom is 0.293 e. The fourth-order valence-electron chi connectivity index (χ4n) is 3.05. The maximum atomic E-state index is 12.5. The molecule has 1 saturated heterocycles. The number of pyridine rings is 1. The van der Waals surface area contributed by atoms with Crippen molar-refractivity contribution in [3.05, 3.63) is 52.2 Å². The number of nitrogens with one attached hydrogen (secondary N) is 2. The zero-order chi connectivity index (χ0) is 19.5. The first-order valence-corrected chi connectivity index (χ1v) is 9.25. The normalized spacial score (nSPS) is 16.5. The summed E-state index contributed by atoms with van der Waals surface area (Å²) in [4.78, 5) is 29.8. The molecule has 1 amide bonds. The minimum absolute atomic E-state index is 0.102. The van der Waals surface area contributed by atoms with Crippen LogP contribution in [0.2, 0.25) is 0 Å². The minimum Gasteiger partial charge on any atom is -0.378 e. The summed E-state index contributed by atoms with van der Waals surface area (Å²) < 4.78 is 5.33. The van der Waals surface area contributed by atoms with Crippen LogP contribution < -0.4 is 15.5 Å². The number of carbonyl (C=O) groups excluding carboxylic acids is 1. The number of amides is 1. The van der Waals surface area contributed by atoms with Crippen LogP contribution in [0.4, 0.5) is 22.9 Å². The Morgan fingerprint density at radius 1 is 1.21 bits per heavy atom. The molecule has 2 N–H and O–H groups in total. The summed E-state index contributed by atoms with van der Waals surface area (Å²) in [7, 11) is 0. The van der Waals surface area contributed by atoms with Crippen LogP contribution >= 0.6 is 0 Å². The predicted octanol–water partition coefficient (Wildman–Crippen LogP) is 2.65. The van der Waals surface area contributed by atoms with E-state index in [1.54, 1.807) is 24.4 Å². The van der Waals surface area contributed by atoms with Gasteiger partial charge in [0.15, 0.2) is 0 Å². The van der Waals surface area contributed by atoms with Crippen LogP contribution in [0.15, 0.2) is 36.5 Å². The number of benzene rings is 1. The lowest BCUT2D eigenvalue weighted by Gasteiger charge is -2.28. The quantitative estimate of drug-likeness (QED) is 0.583. The third-order valence-electron chi connectivity index (χ3n) is 4.76. The summed E-state index contributed by atoms with van der Waals surface area (Å²) in [6, 6.07) is 8.35. The van der Waals surface area contributed by atoms with Crippen LogP contribution in [-0.4, -0.2) is 48.2 Å². The number of nitrogens with zero attached hydrogens (tertiary/aromatic N) is 3. The van der Waals surface area contributed by atoms with Crippen molar-refractivity contribution in [3.8, 4) is 0 Å². The van der Waals surface area contributed by atoms with E-state index in [1.807, 2.05) is 6.07 Å². The van der Waals surface area contributed by atoms with Gasteiger partial charge in [0.25, 0.3) is 11.6 Å². The molecule has 0 bridgehead atoms. The monoisotopic (exact) mass is 383 g/mol. The Morgan fingerprint density at radius 2 is 2.00 bits per heavy atom. The van der Waals surface area contributed by atoms with Crippen molar-refractivity contribution in [2.45, 2.75) is 18.9 Å². The molecule has 0 radical (unpaired) electrons. The van der Waals surface area contributed by atoms with E-state index in [0.717, 1.165) is 31.6 Å². The molecule has 1 aromatic heterocycles. The van der Waals surface area contributed by atoms with E-state index in [0.29, 0.717) is 24.7 Å². The highest BCUT2D eigenvalue weighted by molar-refractivity contribution is 6.04. The zero-order valence-corrected chi connectivity index (χ0v) is 15.3. The molecule has 1 aliphatic carbocycles. The standard InChI is InChI=1S/C19H21N5O4/c25-19(13-1-5-16(21-14-2-3-14)17(11-13)24(26)27)22-18-6-4-15(12-20-18)23-7-9-28-10-8-23/h1,4-6,11-12,14,21H,2-3,7-10H2,(H,20,22,25). The first-order chi connectivity index (χ1) is 13.6. The largest absolute Gasteiger partial charge is 0.378 e. The molecule has 2 aromatic rings. The van der Waals surface area contributed by atoms with Crippen LogP contribution in [0.25, 0.3) is 0 Å². The molecule has 2 fully saturated rings. The number of hydrogen-bond donors (Lipinski definition) is 2. The third-order valence-corrected chi connectivity index (χ3v) is 4.76. The van der Waals surface area contributed by atoms with E-state index in [-0.39, 0.29) is 17.3 Å². The Labute approximate surface area is 161 Å². The predicted molar refractivity (Wildman–Crippen MR) is 105 cm³/mol. The summed E-state index contributed by atoms with van der Waals surface area (Å²) in [5.41, 5.74) is 1.52. The van der Waals surface area contributed by atoms with Crippen LogP contribution in [0, 0.1) is 10.1 Å². The molecule has 1 aliphatic heterocycles. The fourth-order valence-corrected chi connectivity index (χ4v) is 3.05. The van der Waals surface area contributed by atoms with Crippen molar-refractivity contribution in [2.75, 3.05) is 41.8 Å². The molecule has 1 aromatic carbocycles. The van der Waals surface area contributed by atoms with Crippen LogP contribution in [0.5, 0.6) is 0 Å². The van der Waals surface area contributed by atoms with E-state index >= 15 is 0 Å². The van der Waals surface area contributed by atoms with Gasteiger partial charge in [0.2, 0.25) is 0 Å². The Morgan fingerprint density at radius 3 is 2.64 bits per heavy atom. The minimum atomic E-state index is -0.475. The van der Waals surface area contributed by atoms with E-state index in [9.17, 15) is 14.9 Å². The summed E-state index contributed by atoms with van der Waals surface area (Å²) in [5, 5.41) is 17.2. The smallest absolute Gasteiger partial charge is 0.293 e. The molecule has 4 rings (SSSR count). The van der Waals surface area contributed by atoms with Gasteiger partial charge in [0.05, 0.1) is 30.0 Å². The number of morpholine rings is 1. The van der Waals surface area contributed by atoms with Gasteiger partial charge in [-0.2, -0.15) is 0 Å². The molecular weight excluding hydrogens is 362 g/mol. The molecule has 1 saturated carbocycles. The van der Waals surface area contributed by atoms with Crippen molar-refractivity contribution in [1.29, 1.82) is 0 Å². The number of anilines is 3. The Bertz CT molecular complexity index is 876. The number of carbonyl (C=O) groups is 1. The lowest BCUT2D eigenvalue weighted by Crippen LogP contribution is -2.36. The van der Waals surface area contributed by atoms with E-state index < -0.39 is 10.8 Å². The van der Waals surface area contributed by atoms with Crippen molar-refractivity contribution in [1.82, 2.24) is 4.98 Å². The number of ether oxygens (including phenoxy) is 1. The molecular formula is C19H21N5O4. The Balaban J connectivity index is 1.45. The first kappa shape index (κ1) is 18.2. The summed E-state index contributed by atoms with van der Waals surface area (Å²) >= 11 is 0. The van der Waals surface area contributed by atoms with E-state index in [1.165, 1.54) is 6.07 Å². The highest BCUT2D eigenvalue weighted by atomic mass is 16.6. The average molecular weight is 383 g/mol. The lowest BCUT2D eigenvalue weighted by atomic mass is 10.1. The highest BCUT2D eigenvalue weighted by Crippen LogP contribution is 2.31. The fraction of sp³-hybridized carbons (Fsp3) is 0.368. The molecule has 28 heavy (non-hydrogen) atoms. The topological polar surface area (TPSA) is 110 Å². The van der Waals surface area contributed by atoms with Gasteiger partial charge < -0.3 is 20.3 Å². The Hall–Kier alpha value is -3.20. The summed E-state index contributed by atoms with van der Waals surface area (Å²) in [6.45, 7) is 2.97. The number of aromatic nitrogens is 1. The van der Waals surface area contributed by atoms with Gasteiger partial charge in [0.1, 0.15) is 11.5 Å². The second kappa shape index (κ2) is 7.81. The molecule has 0 spiro atoms. The van der Waals surface area contributed by atoms with Crippen LogP contribution in [0.1, 0.15) is 23.2 Å². The van der Waals surface area contributed by atoms with Crippen molar-refractivity contribution in [2.24, 2.45) is 0 Å². The van der Waals surface area contributed by atoms with Crippen molar-refractivity contribution >= 4 is 28.8 Å². The zero-order valence-electron chi connectivity index (χ0n) is 15.3. The van der Waals surface area contributed by atoms with Gasteiger partial charge in [-0.3, -0.25) is 14.9 Å². The van der Waals surface area contributed by atoms with Crippen molar-refractivity contribution in [3.63, 3.8) is 0 Å². The number of rotatable bonds is 6. The van der Waals surface area contributed by atoms with Gasteiger partial charge in [0, 0.05) is 30.8 Å². The van der Waals surface area contributed by atoms with Gasteiger partial charge in [-0.05, 0) is 37.1 Å². The number of hydrogen-bond acceptors (Lipinski definition) is 7. The van der Waals surface area contributed by atoms with Gasteiger partial charge >= 0.3 is 0 Å². The third kappa shape index (κ3) is 4.20. The molecule has 146 valence electrons. The molecule has 9 heteroatoms. The molecule has 2 aliphatic rings. The molecule has 9 nitrogen and oxygen atoms in total. The maximum absolute atomic E-state index is 12.5. The van der Waals surface area contributed by atoms with Gasteiger partial charge in [-0.1, -0.05) is 0 Å². The van der Waals surface area contributed by atoms with E-state index in [2.05, 4.69) is 20.5 Å². The van der Waals surface area contributed by atoms with Crippen molar-refractivity contribution < 1.29 is 14.5 Å². The highest BCUT2D eigenvalue weighted by Gasteiger charge is 2.25. The lowest BCUT2D eigenvalue weighted by molar-refractivity contribution is -0.384. The summed E-state index contributed by atoms with van der Waals surface area (Å²) in [6.07, 6.45) is 3.71. The summed E-state index contributed by atoms with van der Waals surface area (Å²) in [5.74, 6) is -0.0439. The SMILES string of the molecule is O=C(Nc1ccc(N2CCOCC2)cn1)c1ccc(NC2CC2)c([N+](=O)[O-])c1. The van der Waals surface area contributed by atoms with E-state index in [4.69, 9.17) is 4.74 Å². The number of nitro benzene ring substituents is 1. The second-order valence-corrected chi connectivity index (χ2v) is 6.86. The van der Waals surface area contributed by atoms with Gasteiger partial charge in [-0.25, -0.2) is 4.98 Å². The van der Waals surface area contributed by atoms with Gasteiger partial charge in [-0.15, -0.1) is 0 Å². The average Bonchev–Trinajstić information content (AvgIpc) is 3.53.